The molecule has 1 saturated heterocycles. The maximum absolute atomic E-state index is 12.4. The first-order chi connectivity index (χ1) is 11.5. The van der Waals surface area contributed by atoms with Crippen molar-refractivity contribution in [1.29, 1.82) is 0 Å². The van der Waals surface area contributed by atoms with E-state index in [0.717, 1.165) is 5.56 Å². The minimum absolute atomic E-state index is 0. The number of halogens is 3. The van der Waals surface area contributed by atoms with Gasteiger partial charge in [0.15, 0.2) is 6.61 Å². The number of nitrogens with two attached hydrogens (primary N) is 1. The van der Waals surface area contributed by atoms with Crippen LogP contribution >= 0.6 is 35.6 Å². The smallest absolute Gasteiger partial charge is 0.260 e. The van der Waals surface area contributed by atoms with Gasteiger partial charge in [0.1, 0.15) is 5.75 Å². The van der Waals surface area contributed by atoms with Gasteiger partial charge in [0.05, 0.1) is 0 Å². The molecule has 0 radical (unpaired) electrons. The van der Waals surface area contributed by atoms with E-state index in [2.05, 4.69) is 0 Å². The van der Waals surface area contributed by atoms with Gasteiger partial charge >= 0.3 is 0 Å². The molecule has 0 spiro atoms. The average Bonchev–Trinajstić information content (AvgIpc) is 2.94. The summed E-state index contributed by atoms with van der Waals surface area (Å²) in [4.78, 5) is 14.1. The fourth-order valence-corrected chi connectivity index (χ4v) is 3.44. The molecule has 1 fully saturated rings. The van der Waals surface area contributed by atoms with Crippen LogP contribution in [0.15, 0.2) is 48.5 Å². The topological polar surface area (TPSA) is 55.6 Å². The lowest BCUT2D eigenvalue weighted by atomic mass is 9.95. The van der Waals surface area contributed by atoms with Crippen LogP contribution in [0.2, 0.25) is 10.0 Å². The zero-order valence-electron chi connectivity index (χ0n) is 13.4. The number of hydrogen-bond donors (Lipinski definition) is 1. The van der Waals surface area contributed by atoms with Crippen molar-refractivity contribution in [2.75, 3.05) is 19.7 Å². The molecule has 25 heavy (non-hydrogen) atoms. The summed E-state index contributed by atoms with van der Waals surface area (Å²) in [6, 6.07) is 14.8. The van der Waals surface area contributed by atoms with Crippen LogP contribution in [-0.4, -0.2) is 36.5 Å². The fourth-order valence-electron chi connectivity index (χ4n) is 2.93. The molecule has 0 bridgehead atoms. The molecule has 0 aromatic heterocycles. The van der Waals surface area contributed by atoms with Crippen molar-refractivity contribution in [3.05, 3.63) is 64.1 Å². The largest absolute Gasteiger partial charge is 0.484 e. The maximum atomic E-state index is 12.4. The van der Waals surface area contributed by atoms with Crippen molar-refractivity contribution < 1.29 is 9.53 Å². The van der Waals surface area contributed by atoms with Crippen LogP contribution in [0.1, 0.15) is 11.5 Å². The van der Waals surface area contributed by atoms with Crippen molar-refractivity contribution in [2.24, 2.45) is 5.73 Å². The van der Waals surface area contributed by atoms with Gasteiger partial charge in [0.2, 0.25) is 0 Å². The van der Waals surface area contributed by atoms with Crippen LogP contribution in [0.3, 0.4) is 0 Å². The summed E-state index contributed by atoms with van der Waals surface area (Å²) in [5, 5.41) is 0.939. The van der Waals surface area contributed by atoms with E-state index in [1.54, 1.807) is 23.1 Å². The minimum Gasteiger partial charge on any atom is -0.484 e. The molecule has 2 aromatic rings. The SMILES string of the molecule is Cl.N[C@@H]1CN(C(=O)COc2cc(Cl)cc(Cl)c2)C[C@H]1c1ccccc1. The minimum atomic E-state index is -0.0972. The molecule has 2 aromatic carbocycles. The third-order valence-corrected chi connectivity index (χ3v) is 4.58. The van der Waals surface area contributed by atoms with Crippen LogP contribution in [0.4, 0.5) is 0 Å². The predicted octanol–water partition coefficient (Wildman–Crippen LogP) is 3.75. The highest BCUT2D eigenvalue weighted by Crippen LogP contribution is 2.27. The molecule has 0 unspecified atom stereocenters. The van der Waals surface area contributed by atoms with E-state index in [1.165, 1.54) is 0 Å². The quantitative estimate of drug-likeness (QED) is 0.849. The van der Waals surface area contributed by atoms with Crippen LogP contribution in [-0.2, 0) is 4.79 Å². The Bertz CT molecular complexity index is 707. The van der Waals surface area contributed by atoms with Gasteiger partial charge in [0.25, 0.3) is 5.91 Å². The summed E-state index contributed by atoms with van der Waals surface area (Å²) in [7, 11) is 0. The first-order valence-corrected chi connectivity index (χ1v) is 8.46. The number of nitrogens with zero attached hydrogens (tertiary/aromatic N) is 1. The number of hydrogen-bond acceptors (Lipinski definition) is 3. The predicted molar refractivity (Wildman–Crippen MR) is 103 cm³/mol. The van der Waals surface area contributed by atoms with Gasteiger partial charge in [0, 0.05) is 35.1 Å². The third kappa shape index (κ3) is 5.02. The van der Waals surface area contributed by atoms with E-state index < -0.39 is 0 Å². The van der Waals surface area contributed by atoms with Crippen LogP contribution < -0.4 is 10.5 Å². The number of carbonyl (C=O) groups is 1. The second-order valence-electron chi connectivity index (χ2n) is 5.87. The Labute approximate surface area is 163 Å². The maximum Gasteiger partial charge on any atom is 0.260 e. The summed E-state index contributed by atoms with van der Waals surface area (Å²) in [6.07, 6.45) is 0. The number of carbonyl (C=O) groups excluding carboxylic acids is 1. The van der Waals surface area contributed by atoms with E-state index in [0.29, 0.717) is 28.9 Å². The van der Waals surface area contributed by atoms with Gasteiger partial charge < -0.3 is 15.4 Å². The number of rotatable bonds is 4. The standard InChI is InChI=1S/C18H18Cl2N2O2.ClH/c19-13-6-14(20)8-15(7-13)24-11-18(23)22-9-16(17(21)10-22)12-4-2-1-3-5-12;/h1-8,16-17H,9-11,21H2;1H/t16-,17+;/m0./s1. The molecule has 3 rings (SSSR count). The Morgan fingerprint density at radius 2 is 1.76 bits per heavy atom. The van der Waals surface area contributed by atoms with Crippen molar-refractivity contribution in [3.63, 3.8) is 0 Å². The highest BCUT2D eigenvalue weighted by molar-refractivity contribution is 6.34. The van der Waals surface area contributed by atoms with E-state index in [4.69, 9.17) is 33.7 Å². The highest BCUT2D eigenvalue weighted by Gasteiger charge is 2.33. The summed E-state index contributed by atoms with van der Waals surface area (Å²) in [5.41, 5.74) is 7.37. The second-order valence-corrected chi connectivity index (χ2v) is 6.75. The van der Waals surface area contributed by atoms with E-state index in [9.17, 15) is 4.79 Å². The lowest BCUT2D eigenvalue weighted by molar-refractivity contribution is -0.132. The molecule has 1 heterocycles. The molecule has 1 aliphatic heterocycles. The molecule has 7 heteroatoms. The third-order valence-electron chi connectivity index (χ3n) is 4.14. The second kappa shape index (κ2) is 8.77. The Morgan fingerprint density at radius 1 is 1.12 bits per heavy atom. The van der Waals surface area contributed by atoms with Gasteiger partial charge in [-0.05, 0) is 23.8 Å². The average molecular weight is 402 g/mol. The van der Waals surface area contributed by atoms with Gasteiger partial charge in [-0.15, -0.1) is 12.4 Å². The molecule has 4 nitrogen and oxygen atoms in total. The number of ether oxygens (including phenoxy) is 1. The fraction of sp³-hybridized carbons (Fsp3) is 0.278. The van der Waals surface area contributed by atoms with Crippen molar-refractivity contribution in [2.45, 2.75) is 12.0 Å². The van der Waals surface area contributed by atoms with Crippen molar-refractivity contribution in [3.8, 4) is 5.75 Å². The summed E-state index contributed by atoms with van der Waals surface area (Å²) < 4.78 is 5.52. The number of benzene rings is 2. The van der Waals surface area contributed by atoms with Gasteiger partial charge in [-0.25, -0.2) is 0 Å². The molecular weight excluding hydrogens is 383 g/mol. The molecule has 134 valence electrons. The zero-order chi connectivity index (χ0) is 17.1. The zero-order valence-corrected chi connectivity index (χ0v) is 15.7. The van der Waals surface area contributed by atoms with Gasteiger partial charge in [-0.1, -0.05) is 53.5 Å². The normalized spacial score (nSPS) is 19.4. The molecule has 2 N–H and O–H groups in total. The summed E-state index contributed by atoms with van der Waals surface area (Å²) in [6.45, 7) is 1.06. The molecule has 1 amide bonds. The van der Waals surface area contributed by atoms with Gasteiger partial charge in [-0.2, -0.15) is 0 Å². The Morgan fingerprint density at radius 3 is 2.40 bits per heavy atom. The Balaban J connectivity index is 0.00000225. The summed E-state index contributed by atoms with van der Waals surface area (Å²) >= 11 is 11.8. The van der Waals surface area contributed by atoms with E-state index >= 15 is 0 Å². The van der Waals surface area contributed by atoms with E-state index in [1.807, 2.05) is 30.3 Å². The van der Waals surface area contributed by atoms with Gasteiger partial charge in [-0.3, -0.25) is 4.79 Å². The molecule has 2 atom stereocenters. The number of likely N-dealkylation sites (tertiary alicyclic amines) is 1. The molecular formula is C18H19Cl3N2O2. The Kier molecular flexibility index (Phi) is 6.96. The van der Waals surface area contributed by atoms with Crippen LogP contribution in [0.5, 0.6) is 5.75 Å². The Hall–Kier alpha value is -1.46. The van der Waals surface area contributed by atoms with Crippen LogP contribution in [0, 0.1) is 0 Å². The first-order valence-electron chi connectivity index (χ1n) is 7.70. The molecule has 1 aliphatic rings. The van der Waals surface area contributed by atoms with Crippen molar-refractivity contribution >= 4 is 41.5 Å². The summed E-state index contributed by atoms with van der Waals surface area (Å²) in [5.74, 6) is 0.527. The molecule has 0 aliphatic carbocycles. The lowest BCUT2D eigenvalue weighted by Crippen LogP contribution is -2.35. The molecule has 0 saturated carbocycles. The van der Waals surface area contributed by atoms with Crippen molar-refractivity contribution in [1.82, 2.24) is 4.90 Å². The van der Waals surface area contributed by atoms with Crippen LogP contribution in [0.25, 0.3) is 0 Å². The van der Waals surface area contributed by atoms with E-state index in [-0.39, 0.29) is 36.9 Å². The lowest BCUT2D eigenvalue weighted by Gasteiger charge is -2.17. The highest BCUT2D eigenvalue weighted by atomic mass is 35.5. The monoisotopic (exact) mass is 400 g/mol. The number of amides is 1. The first kappa shape index (κ1) is 19.9.